The standard InChI is InChI=1S/C20H16FNO4S/c1-24-15-5-3-13(11-14(15)21)22-20(23)19-7-6-18(27-19)12-2-4-16-17(10-12)26-9-8-25-16/h2-7,10-11H,8-9H2,1H3,(H,22,23). The van der Waals surface area contributed by atoms with Gasteiger partial charge in [0.15, 0.2) is 23.1 Å². The number of halogens is 1. The van der Waals surface area contributed by atoms with E-state index in [2.05, 4.69) is 5.32 Å². The van der Waals surface area contributed by atoms with Crippen LogP contribution in [0, 0.1) is 5.82 Å². The number of hydrogen-bond donors (Lipinski definition) is 1. The van der Waals surface area contributed by atoms with Crippen molar-refractivity contribution in [3.8, 4) is 27.7 Å². The Labute approximate surface area is 159 Å². The molecule has 27 heavy (non-hydrogen) atoms. The third-order valence-corrected chi connectivity index (χ3v) is 5.20. The number of benzene rings is 2. The smallest absolute Gasteiger partial charge is 0.265 e. The summed E-state index contributed by atoms with van der Waals surface area (Å²) in [4.78, 5) is 13.9. The molecule has 0 saturated carbocycles. The molecular weight excluding hydrogens is 369 g/mol. The Hall–Kier alpha value is -3.06. The van der Waals surface area contributed by atoms with Gasteiger partial charge in [-0.15, -0.1) is 11.3 Å². The van der Waals surface area contributed by atoms with Crippen molar-refractivity contribution < 1.29 is 23.4 Å². The second-order valence-corrected chi connectivity index (χ2v) is 6.91. The fraction of sp³-hybridized carbons (Fsp3) is 0.150. The minimum Gasteiger partial charge on any atom is -0.494 e. The lowest BCUT2D eigenvalue weighted by molar-refractivity contribution is 0.103. The number of amides is 1. The maximum absolute atomic E-state index is 13.8. The average molecular weight is 385 g/mol. The van der Waals surface area contributed by atoms with Gasteiger partial charge in [0.05, 0.1) is 12.0 Å². The first-order chi connectivity index (χ1) is 13.1. The molecule has 1 aliphatic rings. The lowest BCUT2D eigenvalue weighted by atomic mass is 10.1. The van der Waals surface area contributed by atoms with Gasteiger partial charge in [0.1, 0.15) is 13.2 Å². The number of carbonyl (C=O) groups excluding carboxylic acids is 1. The van der Waals surface area contributed by atoms with E-state index in [0.717, 1.165) is 16.2 Å². The number of anilines is 1. The molecule has 7 heteroatoms. The molecule has 5 nitrogen and oxygen atoms in total. The van der Waals surface area contributed by atoms with Crippen molar-refractivity contribution in [2.45, 2.75) is 0 Å². The Bertz CT molecular complexity index is 1000. The molecule has 0 radical (unpaired) electrons. The highest BCUT2D eigenvalue weighted by Crippen LogP contribution is 2.37. The van der Waals surface area contributed by atoms with Crippen molar-refractivity contribution in [3.63, 3.8) is 0 Å². The molecule has 4 rings (SSSR count). The lowest BCUT2D eigenvalue weighted by Crippen LogP contribution is -2.15. The number of carbonyl (C=O) groups is 1. The number of hydrogen-bond acceptors (Lipinski definition) is 5. The largest absolute Gasteiger partial charge is 0.494 e. The van der Waals surface area contributed by atoms with E-state index in [4.69, 9.17) is 14.2 Å². The summed E-state index contributed by atoms with van der Waals surface area (Å²) in [5.41, 5.74) is 1.31. The van der Waals surface area contributed by atoms with Crippen LogP contribution in [0.1, 0.15) is 9.67 Å². The first-order valence-electron chi connectivity index (χ1n) is 8.29. The van der Waals surface area contributed by atoms with Crippen molar-refractivity contribution in [2.24, 2.45) is 0 Å². The van der Waals surface area contributed by atoms with Crippen LogP contribution in [-0.4, -0.2) is 26.2 Å². The summed E-state index contributed by atoms with van der Waals surface area (Å²) in [5, 5.41) is 2.70. The number of methoxy groups -OCH3 is 1. The third kappa shape index (κ3) is 3.59. The Morgan fingerprint density at radius 3 is 2.67 bits per heavy atom. The Morgan fingerprint density at radius 1 is 1.07 bits per heavy atom. The molecule has 0 spiro atoms. The Kier molecular flexibility index (Phi) is 4.68. The molecule has 2 aromatic carbocycles. The van der Waals surface area contributed by atoms with Gasteiger partial charge in [-0.25, -0.2) is 4.39 Å². The summed E-state index contributed by atoms with van der Waals surface area (Å²) in [6, 6.07) is 13.6. The molecule has 0 unspecified atom stereocenters. The minimum atomic E-state index is -0.529. The maximum Gasteiger partial charge on any atom is 0.265 e. The summed E-state index contributed by atoms with van der Waals surface area (Å²) in [6.07, 6.45) is 0. The number of fused-ring (bicyclic) bond motifs is 1. The lowest BCUT2D eigenvalue weighted by Gasteiger charge is -2.18. The van der Waals surface area contributed by atoms with E-state index in [-0.39, 0.29) is 11.7 Å². The van der Waals surface area contributed by atoms with E-state index >= 15 is 0 Å². The summed E-state index contributed by atoms with van der Waals surface area (Å²) in [6.45, 7) is 1.06. The number of rotatable bonds is 4. The fourth-order valence-electron chi connectivity index (χ4n) is 2.75. The summed E-state index contributed by atoms with van der Waals surface area (Å²) in [7, 11) is 1.39. The van der Waals surface area contributed by atoms with Crippen molar-refractivity contribution in [1.29, 1.82) is 0 Å². The Balaban J connectivity index is 1.52. The minimum absolute atomic E-state index is 0.130. The second-order valence-electron chi connectivity index (χ2n) is 5.83. The van der Waals surface area contributed by atoms with E-state index in [1.165, 1.54) is 30.6 Å². The predicted octanol–water partition coefficient (Wildman–Crippen LogP) is 4.59. The topological polar surface area (TPSA) is 56.8 Å². The van der Waals surface area contributed by atoms with Gasteiger partial charge in [-0.05, 0) is 48.0 Å². The van der Waals surface area contributed by atoms with Gasteiger partial charge in [0.25, 0.3) is 5.91 Å². The molecule has 3 aromatic rings. The highest BCUT2D eigenvalue weighted by molar-refractivity contribution is 7.17. The maximum atomic E-state index is 13.8. The van der Waals surface area contributed by atoms with Crippen LogP contribution >= 0.6 is 11.3 Å². The van der Waals surface area contributed by atoms with Crippen LogP contribution in [0.5, 0.6) is 17.2 Å². The first kappa shape index (κ1) is 17.4. The first-order valence-corrected chi connectivity index (χ1v) is 9.10. The van der Waals surface area contributed by atoms with Crippen LogP contribution in [0.25, 0.3) is 10.4 Å². The summed E-state index contributed by atoms with van der Waals surface area (Å²) in [5.74, 6) is 0.727. The molecule has 1 N–H and O–H groups in total. The van der Waals surface area contributed by atoms with Crippen LogP contribution in [-0.2, 0) is 0 Å². The third-order valence-electron chi connectivity index (χ3n) is 4.07. The van der Waals surface area contributed by atoms with Gasteiger partial charge >= 0.3 is 0 Å². The zero-order valence-electron chi connectivity index (χ0n) is 14.5. The highest BCUT2D eigenvalue weighted by Gasteiger charge is 2.15. The van der Waals surface area contributed by atoms with Crippen LogP contribution in [0.15, 0.2) is 48.5 Å². The normalized spacial score (nSPS) is 12.5. The molecule has 0 saturated heterocycles. The van der Waals surface area contributed by atoms with Gasteiger partial charge in [-0.3, -0.25) is 4.79 Å². The zero-order valence-corrected chi connectivity index (χ0v) is 15.3. The van der Waals surface area contributed by atoms with Crippen LogP contribution in [0.4, 0.5) is 10.1 Å². The van der Waals surface area contributed by atoms with Crippen LogP contribution < -0.4 is 19.5 Å². The molecule has 0 fully saturated rings. The van der Waals surface area contributed by atoms with Gasteiger partial charge in [-0.1, -0.05) is 0 Å². The average Bonchev–Trinajstić information content (AvgIpc) is 3.18. The van der Waals surface area contributed by atoms with E-state index in [1.807, 2.05) is 24.3 Å². The van der Waals surface area contributed by atoms with Crippen molar-refractivity contribution in [1.82, 2.24) is 0 Å². The van der Waals surface area contributed by atoms with Crippen molar-refractivity contribution in [3.05, 3.63) is 59.2 Å². The van der Waals surface area contributed by atoms with Gasteiger partial charge in [-0.2, -0.15) is 0 Å². The summed E-state index contributed by atoms with van der Waals surface area (Å²) < 4.78 is 29.8. The molecule has 0 aliphatic carbocycles. The molecule has 1 amide bonds. The molecule has 1 aliphatic heterocycles. The van der Waals surface area contributed by atoms with E-state index in [9.17, 15) is 9.18 Å². The number of thiophene rings is 1. The molecule has 2 heterocycles. The van der Waals surface area contributed by atoms with Crippen molar-refractivity contribution in [2.75, 3.05) is 25.6 Å². The monoisotopic (exact) mass is 385 g/mol. The quantitative estimate of drug-likeness (QED) is 0.714. The predicted molar refractivity (Wildman–Crippen MR) is 102 cm³/mol. The second kappa shape index (κ2) is 7.28. The van der Waals surface area contributed by atoms with E-state index in [0.29, 0.717) is 29.5 Å². The molecule has 1 aromatic heterocycles. The van der Waals surface area contributed by atoms with Crippen LogP contribution in [0.2, 0.25) is 0 Å². The number of ether oxygens (including phenoxy) is 3. The molecule has 138 valence electrons. The van der Waals surface area contributed by atoms with Gasteiger partial charge in [0, 0.05) is 16.6 Å². The van der Waals surface area contributed by atoms with Crippen LogP contribution in [0.3, 0.4) is 0 Å². The SMILES string of the molecule is COc1ccc(NC(=O)c2ccc(-c3ccc4c(c3)OCCO4)s2)cc1F. The Morgan fingerprint density at radius 2 is 1.89 bits per heavy atom. The molecular formula is C20H16FNO4S. The van der Waals surface area contributed by atoms with E-state index < -0.39 is 5.82 Å². The van der Waals surface area contributed by atoms with Crippen molar-refractivity contribution >= 4 is 22.9 Å². The summed E-state index contributed by atoms with van der Waals surface area (Å²) >= 11 is 1.35. The molecule has 0 atom stereocenters. The fourth-order valence-corrected chi connectivity index (χ4v) is 3.65. The van der Waals surface area contributed by atoms with Gasteiger partial charge < -0.3 is 19.5 Å². The molecule has 0 bridgehead atoms. The van der Waals surface area contributed by atoms with E-state index in [1.54, 1.807) is 12.1 Å². The highest BCUT2D eigenvalue weighted by atomic mass is 32.1. The zero-order chi connectivity index (χ0) is 18.8. The van der Waals surface area contributed by atoms with Gasteiger partial charge in [0.2, 0.25) is 0 Å². The number of nitrogens with one attached hydrogen (secondary N) is 1.